The molecule has 0 aliphatic carbocycles. The summed E-state index contributed by atoms with van der Waals surface area (Å²) >= 11 is 22.1. The normalized spacial score (nSPS) is 23.1. The zero-order valence-electron chi connectivity index (χ0n) is 24.4. The van der Waals surface area contributed by atoms with E-state index in [2.05, 4.69) is 41.5 Å². The van der Waals surface area contributed by atoms with Crippen LogP contribution in [-0.2, 0) is 18.6 Å². The molecule has 0 aromatic carbocycles. The molecule has 2 heterocycles. The van der Waals surface area contributed by atoms with Crippen molar-refractivity contribution in [2.24, 2.45) is 10.8 Å². The molecule has 36 heavy (non-hydrogen) atoms. The summed E-state index contributed by atoms with van der Waals surface area (Å²) in [4.78, 5) is 0.631. The standard InChI is InChI=1S/C12H24BClO2.C12H22BClO2.CH2Cl2.CH4/c2*1-10(2,3)8-9(14)13-15-11(4,5)12(6,7)16-13;2-1-3;/h9H,8H2,1-7H3;8H,1-7H3;1H2;1H4/b;9-8+;;. The largest absolute Gasteiger partial charge is 0.506 e. The average Bonchev–Trinajstić information content (AvgIpc) is 2.93. The molecule has 0 spiro atoms. The number of rotatable bonds is 3. The first-order chi connectivity index (χ1) is 15.3. The number of hydrogen-bond acceptors (Lipinski definition) is 4. The molecule has 0 aromatic heterocycles. The van der Waals surface area contributed by atoms with Crippen LogP contribution >= 0.6 is 46.4 Å². The van der Waals surface area contributed by atoms with Crippen molar-refractivity contribution in [3.05, 3.63) is 11.0 Å². The monoisotopic (exact) mass is 590 g/mol. The minimum Gasteiger partial charge on any atom is -0.402 e. The Bertz CT molecular complexity index is 667. The molecule has 0 aromatic rings. The molecule has 2 saturated heterocycles. The quantitative estimate of drug-likeness (QED) is 0.242. The summed E-state index contributed by atoms with van der Waals surface area (Å²) in [5.74, 6) is 0. The van der Waals surface area contributed by atoms with E-state index in [4.69, 9.17) is 65.0 Å². The lowest BCUT2D eigenvalue weighted by molar-refractivity contribution is 0.00578. The zero-order valence-corrected chi connectivity index (χ0v) is 27.4. The van der Waals surface area contributed by atoms with Gasteiger partial charge in [-0.05, 0) is 72.6 Å². The Kier molecular flexibility index (Phi) is 15.1. The number of alkyl halides is 3. The van der Waals surface area contributed by atoms with Gasteiger partial charge in [0.25, 0.3) is 0 Å². The fourth-order valence-electron chi connectivity index (χ4n) is 3.15. The van der Waals surface area contributed by atoms with Crippen LogP contribution in [-0.4, -0.2) is 47.3 Å². The Labute approximate surface area is 244 Å². The van der Waals surface area contributed by atoms with Gasteiger partial charge in [0, 0.05) is 4.93 Å². The van der Waals surface area contributed by atoms with Crippen LogP contribution in [0, 0.1) is 10.8 Å². The third kappa shape index (κ3) is 12.4. The molecular formula is C26H52B2Cl4O4. The predicted molar refractivity (Wildman–Crippen MR) is 163 cm³/mol. The number of allylic oxidation sites excluding steroid dienone is 1. The molecular weight excluding hydrogens is 540 g/mol. The van der Waals surface area contributed by atoms with E-state index in [1.54, 1.807) is 0 Å². The second kappa shape index (κ2) is 14.0. The minimum absolute atomic E-state index is 0. The van der Waals surface area contributed by atoms with E-state index in [0.29, 0.717) is 4.93 Å². The van der Waals surface area contributed by atoms with E-state index in [0.717, 1.165) is 6.42 Å². The zero-order chi connectivity index (χ0) is 28.3. The molecule has 0 amide bonds. The molecule has 2 aliphatic rings. The van der Waals surface area contributed by atoms with Crippen molar-refractivity contribution in [1.82, 2.24) is 0 Å². The van der Waals surface area contributed by atoms with Crippen LogP contribution in [0.4, 0.5) is 0 Å². The van der Waals surface area contributed by atoms with Crippen LogP contribution in [0.3, 0.4) is 0 Å². The molecule has 2 aliphatic heterocycles. The summed E-state index contributed by atoms with van der Waals surface area (Å²) in [6, 6.07) is 0. The first-order valence-corrected chi connectivity index (χ1v) is 14.0. The lowest BCUT2D eigenvalue weighted by Crippen LogP contribution is -2.41. The van der Waals surface area contributed by atoms with Crippen molar-refractivity contribution in [1.29, 1.82) is 0 Å². The molecule has 214 valence electrons. The van der Waals surface area contributed by atoms with Crippen molar-refractivity contribution in [2.45, 2.75) is 138 Å². The minimum atomic E-state index is -0.439. The third-order valence-corrected chi connectivity index (χ3v) is 7.07. The van der Waals surface area contributed by atoms with Gasteiger partial charge in [-0.1, -0.05) is 66.6 Å². The van der Waals surface area contributed by atoms with E-state index < -0.39 is 7.12 Å². The highest BCUT2D eigenvalue weighted by Gasteiger charge is 2.54. The van der Waals surface area contributed by atoms with Crippen molar-refractivity contribution in [2.75, 3.05) is 5.34 Å². The average molecular weight is 592 g/mol. The first-order valence-electron chi connectivity index (χ1n) is 12.2. The van der Waals surface area contributed by atoms with Gasteiger partial charge in [-0.15, -0.1) is 34.8 Å². The molecule has 4 nitrogen and oxygen atoms in total. The van der Waals surface area contributed by atoms with Gasteiger partial charge < -0.3 is 18.6 Å². The lowest BCUT2D eigenvalue weighted by Gasteiger charge is -2.32. The summed E-state index contributed by atoms with van der Waals surface area (Å²) in [5.41, 5.74) is -1.02. The third-order valence-electron chi connectivity index (χ3n) is 6.42. The number of hydrogen-bond donors (Lipinski definition) is 0. The Morgan fingerprint density at radius 3 is 1.33 bits per heavy atom. The highest BCUT2D eigenvalue weighted by atomic mass is 35.5. The molecule has 1 atom stereocenters. The first kappa shape index (κ1) is 39.0. The predicted octanol–water partition coefficient (Wildman–Crippen LogP) is 9.51. The van der Waals surface area contributed by atoms with Crippen LogP contribution < -0.4 is 0 Å². The Morgan fingerprint density at radius 1 is 0.750 bits per heavy atom. The van der Waals surface area contributed by atoms with Crippen LogP contribution in [0.25, 0.3) is 0 Å². The molecule has 1 unspecified atom stereocenters. The lowest BCUT2D eigenvalue weighted by atomic mass is 9.75. The van der Waals surface area contributed by atoms with E-state index in [-0.39, 0.29) is 58.4 Å². The molecule has 0 radical (unpaired) electrons. The maximum absolute atomic E-state index is 6.38. The van der Waals surface area contributed by atoms with Gasteiger partial charge in [0.2, 0.25) is 0 Å². The van der Waals surface area contributed by atoms with Gasteiger partial charge in [-0.3, -0.25) is 0 Å². The summed E-state index contributed by atoms with van der Waals surface area (Å²) < 4.78 is 23.5. The van der Waals surface area contributed by atoms with Crippen LogP contribution in [0.5, 0.6) is 0 Å². The summed E-state index contributed by atoms with van der Waals surface area (Å²) in [6.45, 7) is 29.1. The van der Waals surface area contributed by atoms with E-state index in [1.807, 2.05) is 61.5 Å². The molecule has 2 fully saturated rings. The summed E-state index contributed by atoms with van der Waals surface area (Å²) in [5, 5.41) is 0.0982. The SMILES string of the molecule is C.CC(C)(C)/C=C(/Cl)B1OC(C)(C)C(C)(C)O1.CC(C)(C)CC(Cl)B1OC(C)(C)C(C)(C)O1.ClCCl. The van der Waals surface area contributed by atoms with Crippen molar-refractivity contribution >= 4 is 60.6 Å². The number of halogens is 4. The fraction of sp³-hybridized carbons (Fsp3) is 0.923. The smallest absolute Gasteiger partial charge is 0.402 e. The van der Waals surface area contributed by atoms with Gasteiger partial charge in [-0.2, -0.15) is 0 Å². The van der Waals surface area contributed by atoms with Crippen LogP contribution in [0.15, 0.2) is 11.0 Å². The Morgan fingerprint density at radius 2 is 1.06 bits per heavy atom. The highest BCUT2D eigenvalue weighted by molar-refractivity contribution is 6.69. The summed E-state index contributed by atoms with van der Waals surface area (Å²) in [7, 11) is -0.739. The van der Waals surface area contributed by atoms with Crippen molar-refractivity contribution < 1.29 is 18.6 Å². The highest BCUT2D eigenvalue weighted by Crippen LogP contribution is 2.41. The van der Waals surface area contributed by atoms with Gasteiger partial charge in [0.05, 0.1) is 33.0 Å². The summed E-state index contributed by atoms with van der Waals surface area (Å²) in [6.07, 6.45) is 2.86. The maximum atomic E-state index is 6.38. The van der Waals surface area contributed by atoms with Gasteiger partial charge >= 0.3 is 14.2 Å². The van der Waals surface area contributed by atoms with E-state index >= 15 is 0 Å². The maximum Gasteiger partial charge on any atom is 0.506 e. The van der Waals surface area contributed by atoms with Gasteiger partial charge in [0.15, 0.2) is 0 Å². The molecule has 0 bridgehead atoms. The van der Waals surface area contributed by atoms with Crippen molar-refractivity contribution in [3.8, 4) is 0 Å². The van der Waals surface area contributed by atoms with E-state index in [9.17, 15) is 0 Å². The molecule has 0 N–H and O–H groups in total. The molecule has 0 saturated carbocycles. The Hall–Kier alpha value is 0.870. The Balaban J connectivity index is 0. The van der Waals surface area contributed by atoms with Crippen LogP contribution in [0.2, 0.25) is 0 Å². The second-order valence-corrected chi connectivity index (χ2v) is 15.3. The molecule has 10 heteroatoms. The topological polar surface area (TPSA) is 36.9 Å². The fourth-order valence-corrected chi connectivity index (χ4v) is 4.14. The second-order valence-electron chi connectivity index (χ2n) is 13.5. The molecule has 2 rings (SSSR count). The van der Waals surface area contributed by atoms with Crippen molar-refractivity contribution in [3.63, 3.8) is 0 Å². The van der Waals surface area contributed by atoms with Gasteiger partial charge in [0.1, 0.15) is 0 Å². The van der Waals surface area contributed by atoms with Crippen LogP contribution in [0.1, 0.15) is 111 Å². The van der Waals surface area contributed by atoms with Gasteiger partial charge in [-0.25, -0.2) is 0 Å². The van der Waals surface area contributed by atoms with E-state index in [1.165, 1.54) is 0 Å².